The Labute approximate surface area is 94.5 Å². The fourth-order valence-corrected chi connectivity index (χ4v) is 0.897. The van der Waals surface area contributed by atoms with Crippen molar-refractivity contribution in [2.24, 2.45) is 5.73 Å². The van der Waals surface area contributed by atoms with Gasteiger partial charge in [-0.05, 0) is 27.2 Å². The number of amides is 2. The molecular weight excluding hydrogens is 212 g/mol. The van der Waals surface area contributed by atoms with E-state index in [4.69, 9.17) is 10.5 Å². The van der Waals surface area contributed by atoms with Crippen LogP contribution in [0.25, 0.3) is 0 Å². The Bertz CT molecular complexity index is 270. The van der Waals surface area contributed by atoms with Crippen LogP contribution in [-0.4, -0.2) is 29.9 Å². The average Bonchev–Trinajstić information content (AvgIpc) is 2.08. The van der Waals surface area contributed by atoms with Gasteiger partial charge in [-0.2, -0.15) is 0 Å². The molecule has 0 fully saturated rings. The summed E-state index contributed by atoms with van der Waals surface area (Å²) in [4.78, 5) is 32.2. The topological polar surface area (TPSA) is 98.5 Å². The largest absolute Gasteiger partial charge is 0.444 e. The minimum atomic E-state index is -0.873. The predicted molar refractivity (Wildman–Crippen MR) is 57.3 cm³/mol. The number of primary amides is 1. The Morgan fingerprint density at radius 1 is 1.44 bits per heavy atom. The number of hydrogen-bond acceptors (Lipinski definition) is 4. The van der Waals surface area contributed by atoms with Gasteiger partial charge >= 0.3 is 6.09 Å². The van der Waals surface area contributed by atoms with Gasteiger partial charge in [0.15, 0.2) is 0 Å². The Balaban J connectivity index is 4.07. The summed E-state index contributed by atoms with van der Waals surface area (Å²) in [6.45, 7) is 5.11. The second-order valence-electron chi connectivity index (χ2n) is 4.32. The summed E-state index contributed by atoms with van der Waals surface area (Å²) >= 11 is 0. The highest BCUT2D eigenvalue weighted by molar-refractivity contribution is 5.76. The minimum Gasteiger partial charge on any atom is -0.444 e. The number of rotatable bonds is 5. The molecule has 16 heavy (non-hydrogen) atoms. The van der Waals surface area contributed by atoms with Crippen LogP contribution in [-0.2, 0) is 14.3 Å². The van der Waals surface area contributed by atoms with Crippen LogP contribution in [0.3, 0.4) is 0 Å². The molecule has 6 nitrogen and oxygen atoms in total. The zero-order valence-electron chi connectivity index (χ0n) is 9.70. The first-order valence-corrected chi connectivity index (χ1v) is 4.90. The first-order valence-electron chi connectivity index (χ1n) is 4.90. The third-order valence-electron chi connectivity index (χ3n) is 1.51. The summed E-state index contributed by atoms with van der Waals surface area (Å²) < 4.78 is 4.93. The van der Waals surface area contributed by atoms with Crippen molar-refractivity contribution in [1.82, 2.24) is 5.32 Å². The Morgan fingerprint density at radius 2 is 2.00 bits per heavy atom. The number of nitrogens with two attached hydrogens (primary N) is 1. The van der Waals surface area contributed by atoms with E-state index in [-0.39, 0.29) is 12.8 Å². The molecule has 0 aromatic carbocycles. The third-order valence-corrected chi connectivity index (χ3v) is 1.51. The Morgan fingerprint density at radius 3 is 2.38 bits per heavy atom. The number of alkyl carbamates (subject to hydrolysis) is 1. The van der Waals surface area contributed by atoms with E-state index in [0.717, 1.165) is 0 Å². The van der Waals surface area contributed by atoms with Crippen LogP contribution in [0.4, 0.5) is 4.79 Å². The normalized spacial score (nSPS) is 12.7. The van der Waals surface area contributed by atoms with Gasteiger partial charge in [-0.3, -0.25) is 9.59 Å². The van der Waals surface area contributed by atoms with Gasteiger partial charge in [-0.25, -0.2) is 4.79 Å². The molecule has 0 aliphatic heterocycles. The van der Waals surface area contributed by atoms with E-state index in [1.54, 1.807) is 27.1 Å². The molecule has 0 unspecified atom stereocenters. The molecule has 0 aromatic rings. The van der Waals surface area contributed by atoms with Gasteiger partial charge in [0.05, 0.1) is 6.04 Å². The molecule has 1 radical (unpaired) electrons. The number of ether oxygens (including phenoxy) is 1. The second kappa shape index (κ2) is 6.09. The van der Waals surface area contributed by atoms with Gasteiger partial charge in [0, 0.05) is 6.42 Å². The molecule has 0 saturated heterocycles. The van der Waals surface area contributed by atoms with Gasteiger partial charge in [0.25, 0.3) is 0 Å². The van der Waals surface area contributed by atoms with Gasteiger partial charge in [-0.15, -0.1) is 0 Å². The first kappa shape index (κ1) is 14.4. The van der Waals surface area contributed by atoms with Crippen LogP contribution in [0.1, 0.15) is 33.6 Å². The van der Waals surface area contributed by atoms with E-state index >= 15 is 0 Å². The fourth-order valence-electron chi connectivity index (χ4n) is 0.897. The van der Waals surface area contributed by atoms with E-state index in [0.29, 0.717) is 0 Å². The van der Waals surface area contributed by atoms with Crippen molar-refractivity contribution in [3.63, 3.8) is 0 Å². The molecule has 0 rings (SSSR count). The SMILES string of the molecule is CC(C)(C)OC(=O)N[C@H]([C]=O)CCC(N)=O. The summed E-state index contributed by atoms with van der Waals surface area (Å²) in [6, 6.07) is -0.873. The fraction of sp³-hybridized carbons (Fsp3) is 0.700. The maximum Gasteiger partial charge on any atom is 0.408 e. The Hall–Kier alpha value is -1.59. The van der Waals surface area contributed by atoms with Crippen LogP contribution >= 0.6 is 0 Å². The van der Waals surface area contributed by atoms with Crippen LogP contribution in [0.2, 0.25) is 0 Å². The van der Waals surface area contributed by atoms with Crippen LogP contribution in [0.5, 0.6) is 0 Å². The molecule has 3 N–H and O–H groups in total. The smallest absolute Gasteiger partial charge is 0.408 e. The quantitative estimate of drug-likeness (QED) is 0.706. The van der Waals surface area contributed by atoms with Gasteiger partial charge < -0.3 is 15.8 Å². The van der Waals surface area contributed by atoms with E-state index in [9.17, 15) is 14.4 Å². The maximum absolute atomic E-state index is 11.2. The third kappa shape index (κ3) is 7.78. The molecule has 0 heterocycles. The number of nitrogens with one attached hydrogen (secondary N) is 1. The summed E-state index contributed by atoms with van der Waals surface area (Å²) in [5.74, 6) is -0.536. The lowest BCUT2D eigenvalue weighted by Crippen LogP contribution is -2.40. The molecule has 0 bridgehead atoms. The molecule has 0 saturated carbocycles. The lowest BCUT2D eigenvalue weighted by Gasteiger charge is -2.21. The van der Waals surface area contributed by atoms with Crippen molar-refractivity contribution in [3.8, 4) is 0 Å². The first-order chi connectivity index (χ1) is 7.24. The maximum atomic E-state index is 11.2. The van der Waals surface area contributed by atoms with Crippen molar-refractivity contribution in [1.29, 1.82) is 0 Å². The molecule has 2 amide bonds. The number of carbonyl (C=O) groups is 2. The standard InChI is InChI=1S/C10H17N2O4/c1-10(2,3)16-9(15)12-7(6-13)4-5-8(11)14/h7H,4-5H2,1-3H3,(H2,11,14)(H,12,15)/t7-/m0/s1. The molecule has 0 aromatic heterocycles. The number of hydrogen-bond donors (Lipinski definition) is 2. The van der Waals surface area contributed by atoms with Crippen LogP contribution in [0.15, 0.2) is 0 Å². The van der Waals surface area contributed by atoms with Crippen LogP contribution < -0.4 is 11.1 Å². The lowest BCUT2D eigenvalue weighted by atomic mass is 10.2. The lowest BCUT2D eigenvalue weighted by molar-refractivity contribution is -0.118. The van der Waals surface area contributed by atoms with Crippen molar-refractivity contribution in [3.05, 3.63) is 0 Å². The van der Waals surface area contributed by atoms with Gasteiger partial charge in [0.2, 0.25) is 12.2 Å². The highest BCUT2D eigenvalue weighted by atomic mass is 16.6. The van der Waals surface area contributed by atoms with Crippen LogP contribution in [0, 0.1) is 0 Å². The summed E-state index contributed by atoms with van der Waals surface area (Å²) in [7, 11) is 0. The van der Waals surface area contributed by atoms with E-state index in [1.807, 2.05) is 0 Å². The predicted octanol–water partition coefficient (Wildman–Crippen LogP) is 0.255. The zero-order chi connectivity index (χ0) is 12.8. The molecule has 6 heteroatoms. The van der Waals surface area contributed by atoms with Crippen molar-refractivity contribution < 1.29 is 19.1 Å². The highest BCUT2D eigenvalue weighted by Crippen LogP contribution is 2.07. The summed E-state index contributed by atoms with van der Waals surface area (Å²) in [6.07, 6.45) is 1.02. The average molecular weight is 229 g/mol. The molecule has 0 aliphatic rings. The molecule has 0 aliphatic carbocycles. The van der Waals surface area contributed by atoms with E-state index in [2.05, 4.69) is 5.32 Å². The van der Waals surface area contributed by atoms with E-state index in [1.165, 1.54) is 0 Å². The molecule has 91 valence electrons. The summed E-state index contributed by atoms with van der Waals surface area (Å²) in [5.41, 5.74) is 4.28. The van der Waals surface area contributed by atoms with Crippen molar-refractivity contribution >= 4 is 18.3 Å². The summed E-state index contributed by atoms with van der Waals surface area (Å²) in [5, 5.41) is 2.29. The van der Waals surface area contributed by atoms with Gasteiger partial charge in [0.1, 0.15) is 5.60 Å². The minimum absolute atomic E-state index is 0.00963. The Kier molecular flexibility index (Phi) is 5.49. The molecule has 1 atom stereocenters. The van der Waals surface area contributed by atoms with Crippen molar-refractivity contribution in [2.75, 3.05) is 0 Å². The second-order valence-corrected chi connectivity index (χ2v) is 4.32. The van der Waals surface area contributed by atoms with E-state index < -0.39 is 23.6 Å². The molecular formula is C10H17N2O4. The molecule has 0 spiro atoms. The zero-order valence-corrected chi connectivity index (χ0v) is 9.70. The highest BCUT2D eigenvalue weighted by Gasteiger charge is 2.19. The monoisotopic (exact) mass is 229 g/mol. The number of carbonyl (C=O) groups excluding carboxylic acids is 3. The van der Waals surface area contributed by atoms with Crippen molar-refractivity contribution in [2.45, 2.75) is 45.3 Å². The van der Waals surface area contributed by atoms with Gasteiger partial charge in [-0.1, -0.05) is 0 Å².